The first-order valence-corrected chi connectivity index (χ1v) is 25.9. The van der Waals surface area contributed by atoms with Gasteiger partial charge in [-0.1, -0.05) is 133 Å². The van der Waals surface area contributed by atoms with Crippen LogP contribution in [0.1, 0.15) is 54.1 Å². The van der Waals surface area contributed by atoms with Crippen LogP contribution < -0.4 is 31.9 Å². The molecule has 12 heteroatoms. The fraction of sp³-hybridized carbons (Fsp3) is 0.200. The highest BCUT2D eigenvalue weighted by Crippen LogP contribution is 2.50. The normalized spacial score (nSPS) is 11.5. The average molecular weight is 901 g/mol. The predicted molar refractivity (Wildman–Crippen MR) is 261 cm³/mol. The molecule has 0 saturated carbocycles. The monoisotopic (exact) mass is 900 g/mol. The van der Waals surface area contributed by atoms with E-state index in [1.54, 1.807) is 111 Å². The Hall–Kier alpha value is -5.24. The predicted octanol–water partition coefficient (Wildman–Crippen LogP) is 9.89. The molecule has 0 aliphatic heterocycles. The van der Waals surface area contributed by atoms with Crippen molar-refractivity contribution in [1.82, 2.24) is 0 Å². The Labute approximate surface area is 372 Å². The fourth-order valence-electron chi connectivity index (χ4n) is 7.85. The smallest absolute Gasteiger partial charge is 0.234 e. The van der Waals surface area contributed by atoms with E-state index < -0.39 is 25.3 Å². The zero-order valence-corrected chi connectivity index (χ0v) is 39.1. The van der Waals surface area contributed by atoms with Crippen molar-refractivity contribution in [3.63, 3.8) is 0 Å². The molecule has 8 nitrogen and oxygen atoms in total. The topological polar surface area (TPSA) is 126 Å². The second kappa shape index (κ2) is 20.3. The number of nitrogens with one attached hydrogen (secondary N) is 2. The van der Waals surface area contributed by atoms with Crippen LogP contribution in [0.5, 0.6) is 0 Å². The molecule has 0 aromatic heterocycles. The zero-order chi connectivity index (χ0) is 44.6. The summed E-state index contributed by atoms with van der Waals surface area (Å²) in [5.74, 6) is 1.05. The Morgan fingerprint density at radius 1 is 0.435 bits per heavy atom. The number of anilines is 2. The Balaban J connectivity index is 1.07. The van der Waals surface area contributed by atoms with E-state index in [9.17, 15) is 28.3 Å². The van der Waals surface area contributed by atoms with Crippen molar-refractivity contribution in [1.29, 1.82) is 0 Å². The summed E-state index contributed by atoms with van der Waals surface area (Å²) in [6.07, 6.45) is 0. The van der Waals surface area contributed by atoms with Gasteiger partial charge in [0.25, 0.3) is 0 Å². The molecule has 6 aromatic carbocycles. The molecular weight excluding hydrogens is 851 g/mol. The number of carbonyl (C=O) groups excluding carboxylic acids is 4. The summed E-state index contributed by atoms with van der Waals surface area (Å²) >= 11 is 2.86. The molecule has 0 saturated heterocycles. The van der Waals surface area contributed by atoms with Gasteiger partial charge in [0.15, 0.2) is 0 Å². The van der Waals surface area contributed by atoms with E-state index in [1.807, 2.05) is 64.1 Å². The molecular formula is C50H50N2O6P2S2. The maximum Gasteiger partial charge on any atom is 0.234 e. The van der Waals surface area contributed by atoms with Gasteiger partial charge in [-0.3, -0.25) is 19.2 Å². The molecule has 0 radical (unpaired) electrons. The van der Waals surface area contributed by atoms with Crippen LogP contribution in [0.4, 0.5) is 11.4 Å². The summed E-state index contributed by atoms with van der Waals surface area (Å²) in [6, 6.07) is 39.0. The highest BCUT2D eigenvalue weighted by molar-refractivity contribution is 8.03. The highest BCUT2D eigenvalue weighted by Gasteiger charge is 2.40. The summed E-state index contributed by atoms with van der Waals surface area (Å²) in [5.41, 5.74) is 4.86. The number of hydrogen-bond acceptors (Lipinski definition) is 8. The van der Waals surface area contributed by atoms with Crippen LogP contribution in [0.3, 0.4) is 0 Å². The lowest BCUT2D eigenvalue weighted by Crippen LogP contribution is -2.24. The third-order valence-corrected chi connectivity index (χ3v) is 18.7. The molecule has 318 valence electrons. The van der Waals surface area contributed by atoms with Gasteiger partial charge >= 0.3 is 0 Å². The van der Waals surface area contributed by atoms with Gasteiger partial charge in [-0.2, -0.15) is 23.5 Å². The van der Waals surface area contributed by atoms with Crippen molar-refractivity contribution in [3.05, 3.63) is 178 Å². The molecule has 2 amide bonds. The summed E-state index contributed by atoms with van der Waals surface area (Å²) in [6.45, 7) is 11.0. The van der Waals surface area contributed by atoms with Gasteiger partial charge in [-0.25, -0.2) is 0 Å². The molecule has 0 spiro atoms. The molecule has 0 aliphatic carbocycles. The van der Waals surface area contributed by atoms with Crippen molar-refractivity contribution in [2.45, 2.75) is 41.5 Å². The molecule has 62 heavy (non-hydrogen) atoms. The van der Waals surface area contributed by atoms with Gasteiger partial charge < -0.3 is 19.8 Å². The molecule has 6 aromatic rings. The largest absolute Gasteiger partial charge is 0.325 e. The van der Waals surface area contributed by atoms with Gasteiger partial charge in [0.05, 0.1) is 11.5 Å². The van der Waals surface area contributed by atoms with Crippen molar-refractivity contribution < 1.29 is 28.3 Å². The van der Waals surface area contributed by atoms with Crippen LogP contribution in [0.15, 0.2) is 133 Å². The summed E-state index contributed by atoms with van der Waals surface area (Å²) < 4.78 is 29.8. The van der Waals surface area contributed by atoms with Crippen LogP contribution in [-0.4, -0.2) is 45.9 Å². The average Bonchev–Trinajstić information content (AvgIpc) is 3.28. The number of amides is 2. The number of benzene rings is 6. The summed E-state index contributed by atoms with van der Waals surface area (Å²) in [7, 11) is -7.53. The third kappa shape index (κ3) is 9.70. The number of carbonyl (C=O) groups is 4. The minimum atomic E-state index is -3.77. The first kappa shape index (κ1) is 46.3. The van der Waals surface area contributed by atoms with Crippen LogP contribution in [0.2, 0.25) is 0 Å². The van der Waals surface area contributed by atoms with Crippen LogP contribution in [0.25, 0.3) is 0 Å². The van der Waals surface area contributed by atoms with Gasteiger partial charge in [0.1, 0.15) is 0 Å². The number of hydrogen-bond donors (Lipinski definition) is 2. The first-order chi connectivity index (χ1) is 29.7. The van der Waals surface area contributed by atoms with Crippen LogP contribution in [-0.2, 0) is 18.7 Å². The minimum absolute atomic E-state index is 0.156. The van der Waals surface area contributed by atoms with Gasteiger partial charge in [0, 0.05) is 55.2 Å². The first-order valence-electron chi connectivity index (χ1n) is 20.2. The second-order valence-electron chi connectivity index (χ2n) is 15.1. The number of rotatable bonds is 17. The van der Waals surface area contributed by atoms with E-state index in [4.69, 9.17) is 0 Å². The summed E-state index contributed by atoms with van der Waals surface area (Å²) in [4.78, 5) is 55.5. The lowest BCUT2D eigenvalue weighted by atomic mass is 9.98. The van der Waals surface area contributed by atoms with Gasteiger partial charge in [-0.15, -0.1) is 0 Å². The van der Waals surface area contributed by atoms with Gasteiger partial charge in [-0.05, 0) is 74.9 Å². The van der Waals surface area contributed by atoms with Gasteiger partial charge in [0.2, 0.25) is 37.1 Å². The molecule has 0 atom stereocenters. The van der Waals surface area contributed by atoms with E-state index in [1.165, 1.54) is 23.5 Å². The quantitative estimate of drug-likeness (QED) is 0.0685. The van der Waals surface area contributed by atoms with Crippen molar-refractivity contribution in [2.24, 2.45) is 0 Å². The molecule has 2 N–H and O–H groups in total. The Kier molecular flexibility index (Phi) is 15.1. The van der Waals surface area contributed by atoms with Crippen molar-refractivity contribution >= 4 is 93.3 Å². The van der Waals surface area contributed by atoms with Crippen molar-refractivity contribution in [2.75, 3.05) is 33.6 Å². The molecule has 0 bridgehead atoms. The lowest BCUT2D eigenvalue weighted by molar-refractivity contribution is -0.114. The fourth-order valence-corrected chi connectivity index (χ4v) is 14.8. The minimum Gasteiger partial charge on any atom is -0.325 e. The van der Waals surface area contributed by atoms with E-state index in [2.05, 4.69) is 10.6 Å². The molecule has 0 aliphatic rings. The molecule has 0 unspecified atom stereocenters. The van der Waals surface area contributed by atoms with Crippen LogP contribution in [0, 0.1) is 41.5 Å². The highest BCUT2D eigenvalue weighted by atomic mass is 32.2. The van der Waals surface area contributed by atoms with E-state index in [-0.39, 0.29) is 23.3 Å². The Morgan fingerprint density at radius 2 is 0.710 bits per heavy atom. The molecule has 6 rings (SSSR count). The lowest BCUT2D eigenvalue weighted by Gasteiger charge is -2.23. The van der Waals surface area contributed by atoms with E-state index in [0.29, 0.717) is 77.5 Å². The van der Waals surface area contributed by atoms with Crippen LogP contribution >= 0.6 is 37.8 Å². The SMILES string of the molecule is Cc1cc(C)c(C(=O)P(=O)(c2ccccc2)c2ccccc2)c(C)c1NC(=O)CSCCSCC(=O)Nc1c(C)cc(C)c(C(=O)P(=O)(c2ccccc2)c2ccccc2)c1C. The molecule has 0 fully saturated rings. The zero-order valence-electron chi connectivity index (χ0n) is 35.7. The van der Waals surface area contributed by atoms with E-state index >= 15 is 0 Å². The third-order valence-electron chi connectivity index (χ3n) is 10.8. The second-order valence-corrected chi connectivity index (χ2v) is 22.7. The van der Waals surface area contributed by atoms with E-state index in [0.717, 1.165) is 11.1 Å². The molecule has 0 heterocycles. The Morgan fingerprint density at radius 3 is 0.984 bits per heavy atom. The maximum absolute atomic E-state index is 14.9. The Bertz CT molecular complexity index is 2450. The summed E-state index contributed by atoms with van der Waals surface area (Å²) in [5, 5.41) is 7.81. The number of thioether (sulfide) groups is 2. The maximum atomic E-state index is 14.9. The number of aryl methyl sites for hydroxylation is 4. The standard InChI is InChI=1S/C50H50N2O6P2S2/c1-33-29-35(3)47(37(5)45(33)49(55)59(57,39-19-11-7-12-20-39)40-21-13-8-14-22-40)51-43(53)31-61-27-28-62-32-44(54)52-48-36(4)30-34(2)46(38(48)6)50(56)60(58,41-23-15-9-16-24-41)42-25-17-10-18-26-42/h7-26,29-30H,27-28,31-32H2,1-6H3,(H,51,53)(H,52,54). The van der Waals surface area contributed by atoms with Crippen molar-refractivity contribution in [3.8, 4) is 0 Å².